The van der Waals surface area contributed by atoms with E-state index in [9.17, 15) is 13.9 Å². The molecule has 200 valence electrons. The predicted molar refractivity (Wildman–Crippen MR) is 144 cm³/mol. The lowest BCUT2D eigenvalue weighted by Gasteiger charge is -2.36. The highest BCUT2D eigenvalue weighted by Gasteiger charge is 2.20. The van der Waals surface area contributed by atoms with Gasteiger partial charge in [-0.1, -0.05) is 0 Å². The summed E-state index contributed by atoms with van der Waals surface area (Å²) < 4.78 is 31.7. The van der Waals surface area contributed by atoms with E-state index in [1.165, 1.54) is 6.07 Å². The SMILES string of the molecule is Cc1nc2c(F)cc(-c3nc(Nc4ccc(N5CCN(CC(C)O)CC5)cn4)ncc3F)cc2n1C(C)C. The van der Waals surface area contributed by atoms with Crippen LogP contribution in [0.3, 0.4) is 0 Å². The lowest BCUT2D eigenvalue weighted by Crippen LogP contribution is -2.48. The van der Waals surface area contributed by atoms with Gasteiger partial charge in [-0.2, -0.15) is 0 Å². The summed E-state index contributed by atoms with van der Waals surface area (Å²) in [7, 11) is 0. The van der Waals surface area contributed by atoms with Crippen molar-refractivity contribution in [3.63, 3.8) is 0 Å². The number of hydrogen-bond acceptors (Lipinski definition) is 8. The fourth-order valence-electron chi connectivity index (χ4n) is 5.01. The molecule has 38 heavy (non-hydrogen) atoms. The molecule has 4 aromatic rings. The zero-order chi connectivity index (χ0) is 27.0. The Hall–Kier alpha value is -3.70. The number of fused-ring (bicyclic) bond motifs is 1. The molecule has 3 aromatic heterocycles. The van der Waals surface area contributed by atoms with Gasteiger partial charge in [0.15, 0.2) is 11.6 Å². The van der Waals surface area contributed by atoms with Crippen molar-refractivity contribution in [1.29, 1.82) is 0 Å². The van der Waals surface area contributed by atoms with Gasteiger partial charge < -0.3 is 19.9 Å². The van der Waals surface area contributed by atoms with Crippen LogP contribution in [0, 0.1) is 18.6 Å². The third kappa shape index (κ3) is 5.30. The third-order valence-electron chi connectivity index (χ3n) is 6.71. The topological polar surface area (TPSA) is 95.2 Å². The minimum absolute atomic E-state index is 0.0100. The third-order valence-corrected chi connectivity index (χ3v) is 6.71. The Balaban J connectivity index is 1.34. The molecular weight excluding hydrogens is 490 g/mol. The van der Waals surface area contributed by atoms with Gasteiger partial charge in [-0.15, -0.1) is 0 Å². The molecule has 0 amide bonds. The zero-order valence-electron chi connectivity index (χ0n) is 22.0. The van der Waals surface area contributed by atoms with Crippen LogP contribution in [0.4, 0.5) is 26.2 Å². The molecule has 0 bridgehead atoms. The number of anilines is 3. The van der Waals surface area contributed by atoms with E-state index < -0.39 is 11.6 Å². The fraction of sp³-hybridized carbons (Fsp3) is 0.407. The Labute approximate surface area is 220 Å². The van der Waals surface area contributed by atoms with Crippen molar-refractivity contribution in [2.24, 2.45) is 0 Å². The number of nitrogens with zero attached hydrogens (tertiary/aromatic N) is 7. The van der Waals surface area contributed by atoms with Crippen LogP contribution in [0.1, 0.15) is 32.6 Å². The second kappa shape index (κ2) is 10.6. The second-order valence-electron chi connectivity index (χ2n) is 10.0. The van der Waals surface area contributed by atoms with Crippen LogP contribution in [-0.2, 0) is 0 Å². The normalized spacial score (nSPS) is 15.4. The van der Waals surface area contributed by atoms with Gasteiger partial charge in [0.25, 0.3) is 0 Å². The molecular formula is C27H32F2N8O. The van der Waals surface area contributed by atoms with E-state index >= 15 is 0 Å². The smallest absolute Gasteiger partial charge is 0.229 e. The summed E-state index contributed by atoms with van der Waals surface area (Å²) in [5.74, 6) is 0.167. The van der Waals surface area contributed by atoms with Crippen molar-refractivity contribution in [1.82, 2.24) is 29.4 Å². The summed E-state index contributed by atoms with van der Waals surface area (Å²) in [6.45, 7) is 11.7. The first-order valence-corrected chi connectivity index (χ1v) is 12.8. The molecule has 0 aliphatic carbocycles. The Bertz CT molecular complexity index is 1430. The lowest BCUT2D eigenvalue weighted by atomic mass is 10.1. The van der Waals surface area contributed by atoms with Gasteiger partial charge in [-0.25, -0.2) is 28.7 Å². The van der Waals surface area contributed by atoms with Gasteiger partial charge in [0.05, 0.1) is 29.7 Å². The van der Waals surface area contributed by atoms with Crippen LogP contribution in [0.15, 0.2) is 36.7 Å². The maximum atomic E-state index is 15.0. The van der Waals surface area contributed by atoms with E-state index in [0.717, 1.165) is 38.1 Å². The highest BCUT2D eigenvalue weighted by Crippen LogP contribution is 2.30. The van der Waals surface area contributed by atoms with Crippen LogP contribution in [0.2, 0.25) is 0 Å². The van der Waals surface area contributed by atoms with Gasteiger partial charge >= 0.3 is 0 Å². The molecule has 2 N–H and O–H groups in total. The number of halogens is 2. The minimum atomic E-state index is -0.653. The maximum absolute atomic E-state index is 15.0. The molecule has 0 saturated carbocycles. The van der Waals surface area contributed by atoms with E-state index in [2.05, 4.69) is 35.1 Å². The Morgan fingerprint density at radius 3 is 2.39 bits per heavy atom. The first-order chi connectivity index (χ1) is 18.2. The maximum Gasteiger partial charge on any atom is 0.229 e. The summed E-state index contributed by atoms with van der Waals surface area (Å²) in [5, 5.41) is 12.6. The van der Waals surface area contributed by atoms with Crippen molar-refractivity contribution >= 4 is 28.5 Å². The molecule has 1 atom stereocenters. The summed E-state index contributed by atoms with van der Waals surface area (Å²) in [5.41, 5.74) is 2.13. The number of aryl methyl sites for hydroxylation is 1. The number of aliphatic hydroxyl groups excluding tert-OH is 1. The first-order valence-electron chi connectivity index (χ1n) is 12.8. The molecule has 1 aromatic carbocycles. The monoisotopic (exact) mass is 522 g/mol. The van der Waals surface area contributed by atoms with E-state index in [-0.39, 0.29) is 29.3 Å². The average molecular weight is 523 g/mol. The molecule has 1 aliphatic rings. The van der Waals surface area contributed by atoms with E-state index in [4.69, 9.17) is 0 Å². The molecule has 1 saturated heterocycles. The number of rotatable bonds is 7. The second-order valence-corrected chi connectivity index (χ2v) is 10.0. The molecule has 9 nitrogen and oxygen atoms in total. The van der Waals surface area contributed by atoms with Gasteiger partial charge in [0, 0.05) is 44.3 Å². The molecule has 1 unspecified atom stereocenters. The Morgan fingerprint density at radius 2 is 1.74 bits per heavy atom. The minimum Gasteiger partial charge on any atom is -0.392 e. The van der Waals surface area contributed by atoms with Gasteiger partial charge in [0.2, 0.25) is 5.95 Å². The molecule has 0 radical (unpaired) electrons. The average Bonchev–Trinajstić information content (AvgIpc) is 3.22. The molecule has 1 fully saturated rings. The molecule has 1 aliphatic heterocycles. The van der Waals surface area contributed by atoms with Gasteiger partial charge in [-0.05, 0) is 52.0 Å². The molecule has 4 heterocycles. The molecule has 0 spiro atoms. The Morgan fingerprint density at radius 1 is 0.974 bits per heavy atom. The van der Waals surface area contributed by atoms with Crippen molar-refractivity contribution in [3.8, 4) is 11.3 Å². The summed E-state index contributed by atoms with van der Waals surface area (Å²) in [6.07, 6.45) is 2.51. The predicted octanol–water partition coefficient (Wildman–Crippen LogP) is 4.30. The van der Waals surface area contributed by atoms with Crippen LogP contribution >= 0.6 is 0 Å². The quantitative estimate of drug-likeness (QED) is 0.371. The van der Waals surface area contributed by atoms with E-state index in [1.54, 1.807) is 19.2 Å². The number of aliphatic hydroxyl groups is 1. The number of piperazine rings is 1. The van der Waals surface area contributed by atoms with Gasteiger partial charge in [0.1, 0.15) is 22.9 Å². The number of imidazole rings is 1. The largest absolute Gasteiger partial charge is 0.392 e. The van der Waals surface area contributed by atoms with Crippen LogP contribution in [-0.4, -0.2) is 73.3 Å². The highest BCUT2D eigenvalue weighted by atomic mass is 19.1. The van der Waals surface area contributed by atoms with Crippen LogP contribution < -0.4 is 10.2 Å². The number of pyridine rings is 1. The van der Waals surface area contributed by atoms with Gasteiger partial charge in [-0.3, -0.25) is 4.90 Å². The van der Waals surface area contributed by atoms with Crippen molar-refractivity contribution in [2.45, 2.75) is 39.8 Å². The van der Waals surface area contributed by atoms with Crippen LogP contribution in [0.5, 0.6) is 0 Å². The van der Waals surface area contributed by atoms with E-state index in [1.807, 2.05) is 37.5 Å². The number of aromatic nitrogens is 5. The number of nitrogens with one attached hydrogen (secondary N) is 1. The number of hydrogen-bond donors (Lipinski definition) is 2. The number of β-amino-alcohol motifs (C(OH)–C–C–N with tert-alkyl or cyclic N) is 1. The summed E-state index contributed by atoms with van der Waals surface area (Å²) in [6, 6.07) is 6.80. The van der Waals surface area contributed by atoms with Crippen molar-refractivity contribution < 1.29 is 13.9 Å². The van der Waals surface area contributed by atoms with Crippen molar-refractivity contribution in [2.75, 3.05) is 42.9 Å². The lowest BCUT2D eigenvalue weighted by molar-refractivity contribution is 0.122. The zero-order valence-corrected chi connectivity index (χ0v) is 22.0. The van der Waals surface area contributed by atoms with E-state index in [0.29, 0.717) is 29.3 Å². The van der Waals surface area contributed by atoms with Crippen LogP contribution in [0.25, 0.3) is 22.3 Å². The number of benzene rings is 1. The fourth-order valence-corrected chi connectivity index (χ4v) is 5.01. The van der Waals surface area contributed by atoms with Crippen molar-refractivity contribution in [3.05, 3.63) is 54.1 Å². The standard InChI is InChI=1S/C27H32F2N8O/c1-16(2)37-18(4)32-26-21(28)11-19(12-23(26)37)25-22(29)14-31-27(34-25)33-24-6-5-20(13-30-24)36-9-7-35(8-10-36)15-17(3)38/h5-6,11-14,16-17,38H,7-10,15H2,1-4H3,(H,30,31,33,34). The highest BCUT2D eigenvalue weighted by molar-refractivity contribution is 5.83. The summed E-state index contributed by atoms with van der Waals surface area (Å²) in [4.78, 5) is 21.7. The molecule has 5 rings (SSSR count). The Kier molecular flexibility index (Phi) is 7.22. The first kappa shape index (κ1) is 25.9. The summed E-state index contributed by atoms with van der Waals surface area (Å²) >= 11 is 0. The molecule has 11 heteroatoms.